The average Bonchev–Trinajstić information content (AvgIpc) is 3.49. The summed E-state index contributed by atoms with van der Waals surface area (Å²) in [4.78, 5) is 50.8. The maximum absolute atomic E-state index is 12.5. The van der Waals surface area contributed by atoms with Crippen LogP contribution in [0.25, 0.3) is 0 Å². The number of nitrogens with zero attached hydrogens (tertiary/aromatic N) is 3. The molecule has 1 N–H and O–H groups in total. The Morgan fingerprint density at radius 1 is 1.21 bits per heavy atom. The van der Waals surface area contributed by atoms with Gasteiger partial charge in [0.15, 0.2) is 6.61 Å². The van der Waals surface area contributed by atoms with Crippen LogP contribution in [0.15, 0.2) is 22.8 Å². The molecule has 2 aliphatic rings. The van der Waals surface area contributed by atoms with Crippen LogP contribution in [0.5, 0.6) is 0 Å². The Morgan fingerprint density at radius 2 is 1.88 bits per heavy atom. The Kier molecular flexibility index (Phi) is 6.54. The molecule has 3 amide bonds. The van der Waals surface area contributed by atoms with Crippen molar-refractivity contribution in [1.29, 1.82) is 5.26 Å². The Bertz CT molecular complexity index is 1150. The number of aromatic nitrogens is 1. The fraction of sp³-hybridized carbons (Fsp3) is 0.458. The van der Waals surface area contributed by atoms with E-state index in [-0.39, 0.29) is 29.5 Å². The third kappa shape index (κ3) is 4.33. The van der Waals surface area contributed by atoms with E-state index in [0.717, 1.165) is 23.4 Å². The molecule has 2 aromatic heterocycles. The highest BCUT2D eigenvalue weighted by atomic mass is 16.5. The largest absolute Gasteiger partial charge is 0.467 e. The highest BCUT2D eigenvalue weighted by Crippen LogP contribution is 2.37. The van der Waals surface area contributed by atoms with Crippen molar-refractivity contribution in [1.82, 2.24) is 9.47 Å². The van der Waals surface area contributed by atoms with E-state index in [1.54, 1.807) is 23.6 Å². The smallest absolute Gasteiger partial charge is 0.326 e. The number of imide groups is 1. The lowest BCUT2D eigenvalue weighted by atomic mass is 9.81. The number of hydrogen-bond acceptors (Lipinski definition) is 7. The van der Waals surface area contributed by atoms with E-state index in [1.807, 2.05) is 6.92 Å². The van der Waals surface area contributed by atoms with Crippen molar-refractivity contribution in [3.05, 3.63) is 41.0 Å². The van der Waals surface area contributed by atoms with Gasteiger partial charge in [-0.05, 0) is 44.4 Å². The van der Waals surface area contributed by atoms with Gasteiger partial charge < -0.3 is 19.0 Å². The zero-order valence-corrected chi connectivity index (χ0v) is 19.1. The number of amides is 3. The molecule has 2 unspecified atom stereocenters. The molecule has 34 heavy (non-hydrogen) atoms. The Labute approximate surface area is 196 Å². The van der Waals surface area contributed by atoms with Gasteiger partial charge in [0.05, 0.1) is 30.2 Å². The zero-order chi connectivity index (χ0) is 24.4. The molecule has 1 aliphatic heterocycles. The van der Waals surface area contributed by atoms with Crippen molar-refractivity contribution in [2.45, 2.75) is 46.1 Å². The highest BCUT2D eigenvalue weighted by Gasteiger charge is 2.48. The normalized spacial score (nSPS) is 19.6. The molecule has 4 rings (SSSR count). The molecule has 3 heterocycles. The van der Waals surface area contributed by atoms with Gasteiger partial charge in [0.2, 0.25) is 11.8 Å². The van der Waals surface area contributed by atoms with E-state index < -0.39 is 25.0 Å². The maximum Gasteiger partial charge on any atom is 0.326 e. The van der Waals surface area contributed by atoms with Crippen LogP contribution >= 0.6 is 0 Å². The predicted octanol–water partition coefficient (Wildman–Crippen LogP) is 2.27. The molecule has 0 bridgehead atoms. The van der Waals surface area contributed by atoms with Gasteiger partial charge in [0.1, 0.15) is 24.2 Å². The number of fused-ring (bicyclic) bond motifs is 1. The SMILES string of the molecule is Cc1c(C#N)c(NC(=O)COC(=O)CN2C(=O)C3CCCCC3C2=O)n(Cc2ccco2)c1C. The third-order valence-corrected chi connectivity index (χ3v) is 6.68. The lowest BCUT2D eigenvalue weighted by Gasteiger charge is -2.19. The summed E-state index contributed by atoms with van der Waals surface area (Å²) < 4.78 is 12.2. The van der Waals surface area contributed by atoms with E-state index in [2.05, 4.69) is 11.4 Å². The molecule has 1 saturated carbocycles. The number of nitriles is 1. The molecular weight excluding hydrogens is 440 g/mol. The van der Waals surface area contributed by atoms with Crippen molar-refractivity contribution in [3.63, 3.8) is 0 Å². The van der Waals surface area contributed by atoms with Crippen LogP contribution in [0.4, 0.5) is 5.82 Å². The molecule has 1 aliphatic carbocycles. The number of carbonyl (C=O) groups excluding carboxylic acids is 4. The third-order valence-electron chi connectivity index (χ3n) is 6.68. The molecule has 0 radical (unpaired) electrons. The van der Waals surface area contributed by atoms with E-state index in [0.29, 0.717) is 36.3 Å². The minimum atomic E-state index is -0.839. The summed E-state index contributed by atoms with van der Waals surface area (Å²) in [5.41, 5.74) is 1.81. The summed E-state index contributed by atoms with van der Waals surface area (Å²) in [6, 6.07) is 5.63. The molecule has 1 saturated heterocycles. The number of likely N-dealkylation sites (tertiary alicyclic amines) is 1. The van der Waals surface area contributed by atoms with Gasteiger partial charge in [-0.15, -0.1) is 0 Å². The van der Waals surface area contributed by atoms with E-state index >= 15 is 0 Å². The fourth-order valence-electron chi connectivity index (χ4n) is 4.76. The van der Waals surface area contributed by atoms with Gasteiger partial charge in [0, 0.05) is 5.69 Å². The van der Waals surface area contributed by atoms with E-state index in [4.69, 9.17) is 9.15 Å². The lowest BCUT2D eigenvalue weighted by molar-refractivity contribution is -0.154. The summed E-state index contributed by atoms with van der Waals surface area (Å²) in [6.45, 7) is 2.80. The quantitative estimate of drug-likeness (QED) is 0.488. The topological polar surface area (TPSA) is 135 Å². The standard InChI is InChI=1S/C24H26N4O6/c1-14-15(2)27(11-16-6-5-9-33-16)22(19(14)10-25)26-20(29)13-34-21(30)12-28-23(31)17-7-3-4-8-18(17)24(28)32/h5-6,9,17-18H,3-4,7-8,11-13H2,1-2H3,(H,26,29). The van der Waals surface area contributed by atoms with Crippen molar-refractivity contribution in [2.24, 2.45) is 11.8 Å². The van der Waals surface area contributed by atoms with Gasteiger partial charge in [-0.1, -0.05) is 12.8 Å². The molecule has 10 heteroatoms. The van der Waals surface area contributed by atoms with Crippen LogP contribution in [-0.4, -0.2) is 46.3 Å². The first kappa shape index (κ1) is 23.3. The first-order chi connectivity index (χ1) is 16.3. The Hall–Kier alpha value is -3.87. The summed E-state index contributed by atoms with van der Waals surface area (Å²) in [5, 5.41) is 12.2. The maximum atomic E-state index is 12.5. The number of furan rings is 1. The summed E-state index contributed by atoms with van der Waals surface area (Å²) >= 11 is 0. The van der Waals surface area contributed by atoms with Crippen LogP contribution in [0.1, 0.15) is 48.3 Å². The monoisotopic (exact) mass is 466 g/mol. The van der Waals surface area contributed by atoms with Crippen molar-refractivity contribution >= 4 is 29.5 Å². The average molecular weight is 466 g/mol. The van der Waals surface area contributed by atoms with Crippen LogP contribution < -0.4 is 5.32 Å². The highest BCUT2D eigenvalue weighted by molar-refractivity contribution is 6.07. The second-order valence-electron chi connectivity index (χ2n) is 8.68. The van der Waals surface area contributed by atoms with Crippen LogP contribution in [0.3, 0.4) is 0 Å². The number of ether oxygens (including phenoxy) is 1. The van der Waals surface area contributed by atoms with Gasteiger partial charge >= 0.3 is 5.97 Å². The minimum Gasteiger partial charge on any atom is -0.467 e. The number of hydrogen-bond donors (Lipinski definition) is 1. The van der Waals surface area contributed by atoms with E-state index in [1.165, 1.54) is 6.26 Å². The Balaban J connectivity index is 1.38. The number of anilines is 1. The lowest BCUT2D eigenvalue weighted by Crippen LogP contribution is -2.37. The summed E-state index contributed by atoms with van der Waals surface area (Å²) in [6.07, 6.45) is 4.63. The summed E-state index contributed by atoms with van der Waals surface area (Å²) in [5.74, 6) is -1.93. The second kappa shape index (κ2) is 9.55. The van der Waals surface area contributed by atoms with E-state index in [9.17, 15) is 24.4 Å². The summed E-state index contributed by atoms with van der Waals surface area (Å²) in [7, 11) is 0. The minimum absolute atomic E-state index is 0.281. The first-order valence-corrected chi connectivity index (χ1v) is 11.2. The molecular formula is C24H26N4O6. The van der Waals surface area contributed by atoms with Gasteiger partial charge in [-0.3, -0.25) is 24.1 Å². The van der Waals surface area contributed by atoms with Crippen LogP contribution in [0, 0.1) is 37.0 Å². The number of carbonyl (C=O) groups is 4. The first-order valence-electron chi connectivity index (χ1n) is 11.2. The predicted molar refractivity (Wildman–Crippen MR) is 118 cm³/mol. The van der Waals surface area contributed by atoms with Crippen LogP contribution in [-0.2, 0) is 30.5 Å². The Morgan fingerprint density at radius 3 is 2.47 bits per heavy atom. The van der Waals surface area contributed by atoms with Gasteiger partial charge in [-0.2, -0.15) is 5.26 Å². The molecule has 0 aromatic carbocycles. The van der Waals surface area contributed by atoms with Crippen molar-refractivity contribution < 1.29 is 28.3 Å². The molecule has 0 spiro atoms. The van der Waals surface area contributed by atoms with Gasteiger partial charge in [0.25, 0.3) is 5.91 Å². The molecule has 178 valence electrons. The molecule has 10 nitrogen and oxygen atoms in total. The van der Waals surface area contributed by atoms with Crippen LogP contribution in [0.2, 0.25) is 0 Å². The number of rotatable bonds is 7. The van der Waals surface area contributed by atoms with Crippen molar-refractivity contribution in [3.8, 4) is 6.07 Å². The fourth-order valence-corrected chi connectivity index (χ4v) is 4.76. The van der Waals surface area contributed by atoms with Crippen molar-refractivity contribution in [2.75, 3.05) is 18.5 Å². The second-order valence-corrected chi connectivity index (χ2v) is 8.68. The zero-order valence-electron chi connectivity index (χ0n) is 19.1. The van der Waals surface area contributed by atoms with Gasteiger partial charge in [-0.25, -0.2) is 0 Å². The number of esters is 1. The number of nitrogens with one attached hydrogen (secondary N) is 1. The molecule has 2 aromatic rings. The molecule has 2 fully saturated rings. The molecule has 2 atom stereocenters.